The first kappa shape index (κ1) is 12.4. The lowest BCUT2D eigenvalue weighted by Gasteiger charge is -2.06. The largest absolute Gasteiger partial charge is 0.481 e. The van der Waals surface area contributed by atoms with E-state index in [9.17, 15) is 4.79 Å². The normalized spacial score (nSPS) is 10.8. The van der Waals surface area contributed by atoms with Crippen molar-refractivity contribution in [2.45, 2.75) is 6.42 Å². The second kappa shape index (κ2) is 4.81. The zero-order valence-corrected chi connectivity index (χ0v) is 11.1. The summed E-state index contributed by atoms with van der Waals surface area (Å²) in [5.41, 5.74) is 3.81. The van der Waals surface area contributed by atoms with Crippen molar-refractivity contribution in [3.8, 4) is 11.1 Å². The Hall–Kier alpha value is -2.62. The van der Waals surface area contributed by atoms with E-state index in [4.69, 9.17) is 5.11 Å². The number of hydrogen-bond acceptors (Lipinski definition) is 2. The van der Waals surface area contributed by atoms with E-state index in [1.807, 2.05) is 54.2 Å². The second-order valence-electron chi connectivity index (χ2n) is 4.79. The standard InChI is InChI=1S/C16H14N2O2/c1-18-8-6-14-13(5-7-17-16(14)18)12-4-2-3-11(9-12)10-15(19)20/h2-9H,10H2,1H3,(H,19,20). The van der Waals surface area contributed by atoms with E-state index in [0.717, 1.165) is 27.7 Å². The summed E-state index contributed by atoms with van der Waals surface area (Å²) >= 11 is 0. The van der Waals surface area contributed by atoms with E-state index in [1.165, 1.54) is 0 Å². The fraction of sp³-hybridized carbons (Fsp3) is 0.125. The summed E-state index contributed by atoms with van der Waals surface area (Å²) in [6.45, 7) is 0. The van der Waals surface area contributed by atoms with Gasteiger partial charge in [0.15, 0.2) is 0 Å². The Balaban J connectivity index is 2.13. The fourth-order valence-corrected chi connectivity index (χ4v) is 2.44. The Labute approximate surface area is 116 Å². The minimum absolute atomic E-state index is 0.0385. The van der Waals surface area contributed by atoms with Gasteiger partial charge in [-0.25, -0.2) is 4.98 Å². The monoisotopic (exact) mass is 266 g/mol. The number of benzene rings is 1. The highest BCUT2D eigenvalue weighted by Gasteiger charge is 2.08. The van der Waals surface area contributed by atoms with Crippen LogP contribution in [0, 0.1) is 0 Å². The molecule has 0 fully saturated rings. The third-order valence-corrected chi connectivity index (χ3v) is 3.36. The van der Waals surface area contributed by atoms with Crippen LogP contribution in [0.4, 0.5) is 0 Å². The van der Waals surface area contributed by atoms with E-state index in [2.05, 4.69) is 4.98 Å². The minimum Gasteiger partial charge on any atom is -0.481 e. The number of fused-ring (bicyclic) bond motifs is 1. The number of carbonyl (C=O) groups is 1. The fourth-order valence-electron chi connectivity index (χ4n) is 2.44. The van der Waals surface area contributed by atoms with Crippen LogP contribution in [0.3, 0.4) is 0 Å². The van der Waals surface area contributed by atoms with Gasteiger partial charge < -0.3 is 9.67 Å². The van der Waals surface area contributed by atoms with Crippen LogP contribution >= 0.6 is 0 Å². The molecule has 0 unspecified atom stereocenters. The summed E-state index contributed by atoms with van der Waals surface area (Å²) in [4.78, 5) is 15.2. The first-order chi connectivity index (χ1) is 9.65. The van der Waals surface area contributed by atoms with E-state index in [1.54, 1.807) is 6.20 Å². The minimum atomic E-state index is -0.818. The van der Waals surface area contributed by atoms with Crippen molar-refractivity contribution in [3.05, 3.63) is 54.4 Å². The third kappa shape index (κ3) is 2.16. The maximum absolute atomic E-state index is 10.8. The maximum atomic E-state index is 10.8. The lowest BCUT2D eigenvalue weighted by molar-refractivity contribution is -0.136. The van der Waals surface area contributed by atoms with Gasteiger partial charge >= 0.3 is 5.97 Å². The van der Waals surface area contributed by atoms with Crippen molar-refractivity contribution >= 4 is 17.0 Å². The summed E-state index contributed by atoms with van der Waals surface area (Å²) in [6.07, 6.45) is 3.79. The summed E-state index contributed by atoms with van der Waals surface area (Å²) in [7, 11) is 1.96. The molecule has 4 nitrogen and oxygen atoms in total. The lowest BCUT2D eigenvalue weighted by Crippen LogP contribution is -1.99. The summed E-state index contributed by atoms with van der Waals surface area (Å²) in [6, 6.07) is 11.6. The molecule has 0 amide bonds. The molecule has 0 radical (unpaired) electrons. The predicted molar refractivity (Wildman–Crippen MR) is 77.5 cm³/mol. The topological polar surface area (TPSA) is 55.1 Å². The summed E-state index contributed by atoms with van der Waals surface area (Å²) < 4.78 is 1.97. The molecule has 2 heterocycles. The molecule has 0 atom stereocenters. The van der Waals surface area contributed by atoms with Crippen molar-refractivity contribution in [2.24, 2.45) is 7.05 Å². The van der Waals surface area contributed by atoms with Crippen molar-refractivity contribution in [1.29, 1.82) is 0 Å². The molecule has 3 rings (SSSR count). The highest BCUT2D eigenvalue weighted by molar-refractivity contribution is 5.93. The first-order valence-electron chi connectivity index (χ1n) is 6.36. The van der Waals surface area contributed by atoms with Gasteiger partial charge in [0.25, 0.3) is 0 Å². The van der Waals surface area contributed by atoms with Gasteiger partial charge in [0, 0.05) is 24.8 Å². The number of rotatable bonds is 3. The van der Waals surface area contributed by atoms with Gasteiger partial charge in [-0.3, -0.25) is 4.79 Å². The molecule has 0 aliphatic heterocycles. The molecular weight excluding hydrogens is 252 g/mol. The number of aromatic nitrogens is 2. The van der Waals surface area contributed by atoms with E-state index >= 15 is 0 Å². The van der Waals surface area contributed by atoms with Crippen LogP contribution in [0.1, 0.15) is 5.56 Å². The number of aryl methyl sites for hydroxylation is 1. The Morgan fingerprint density at radius 3 is 2.95 bits per heavy atom. The molecule has 20 heavy (non-hydrogen) atoms. The van der Waals surface area contributed by atoms with Crippen molar-refractivity contribution < 1.29 is 9.90 Å². The Bertz CT molecular complexity index is 790. The van der Waals surface area contributed by atoms with Gasteiger partial charge in [-0.1, -0.05) is 24.3 Å². The van der Waals surface area contributed by atoms with Crippen LogP contribution in [-0.4, -0.2) is 20.6 Å². The van der Waals surface area contributed by atoms with Crippen LogP contribution in [0.25, 0.3) is 22.2 Å². The Kier molecular flexibility index (Phi) is 2.99. The molecule has 0 saturated carbocycles. The molecule has 2 aromatic heterocycles. The van der Waals surface area contributed by atoms with Gasteiger partial charge in [-0.2, -0.15) is 0 Å². The van der Waals surface area contributed by atoms with Gasteiger partial charge in [0.05, 0.1) is 6.42 Å². The van der Waals surface area contributed by atoms with E-state index < -0.39 is 5.97 Å². The van der Waals surface area contributed by atoms with Gasteiger partial charge in [-0.05, 0) is 28.8 Å². The van der Waals surface area contributed by atoms with Gasteiger partial charge in [0.1, 0.15) is 5.65 Å². The molecule has 0 aliphatic carbocycles. The number of carboxylic acid groups (broad SMARTS) is 1. The van der Waals surface area contributed by atoms with Crippen molar-refractivity contribution in [3.63, 3.8) is 0 Å². The van der Waals surface area contributed by atoms with Crippen LogP contribution in [0.5, 0.6) is 0 Å². The number of nitrogens with zero attached hydrogens (tertiary/aromatic N) is 2. The molecule has 0 saturated heterocycles. The van der Waals surface area contributed by atoms with Crippen molar-refractivity contribution in [1.82, 2.24) is 9.55 Å². The molecule has 0 spiro atoms. The van der Waals surface area contributed by atoms with Crippen molar-refractivity contribution in [2.75, 3.05) is 0 Å². The molecular formula is C16H14N2O2. The highest BCUT2D eigenvalue weighted by atomic mass is 16.4. The summed E-state index contributed by atoms with van der Waals surface area (Å²) in [5.74, 6) is -0.818. The van der Waals surface area contributed by atoms with Gasteiger partial charge in [-0.15, -0.1) is 0 Å². The average Bonchev–Trinajstić information content (AvgIpc) is 2.80. The van der Waals surface area contributed by atoms with E-state index in [-0.39, 0.29) is 6.42 Å². The first-order valence-corrected chi connectivity index (χ1v) is 6.36. The zero-order chi connectivity index (χ0) is 14.1. The Morgan fingerprint density at radius 1 is 1.30 bits per heavy atom. The molecule has 100 valence electrons. The van der Waals surface area contributed by atoms with Crippen LogP contribution in [0.2, 0.25) is 0 Å². The number of hydrogen-bond donors (Lipinski definition) is 1. The maximum Gasteiger partial charge on any atom is 0.307 e. The second-order valence-corrected chi connectivity index (χ2v) is 4.79. The molecule has 1 N–H and O–H groups in total. The number of pyridine rings is 1. The van der Waals surface area contributed by atoms with Gasteiger partial charge in [0.2, 0.25) is 0 Å². The lowest BCUT2D eigenvalue weighted by atomic mass is 10.0. The highest BCUT2D eigenvalue weighted by Crippen LogP contribution is 2.28. The predicted octanol–water partition coefficient (Wildman–Crippen LogP) is 2.87. The smallest absolute Gasteiger partial charge is 0.307 e. The van der Waals surface area contributed by atoms with Crippen LogP contribution < -0.4 is 0 Å². The Morgan fingerprint density at radius 2 is 2.15 bits per heavy atom. The van der Waals surface area contributed by atoms with Crippen LogP contribution in [0.15, 0.2) is 48.8 Å². The molecule has 1 aromatic carbocycles. The molecule has 0 bridgehead atoms. The molecule has 4 heteroatoms. The zero-order valence-electron chi connectivity index (χ0n) is 11.1. The van der Waals surface area contributed by atoms with E-state index in [0.29, 0.717) is 0 Å². The van der Waals surface area contributed by atoms with Crippen LogP contribution in [-0.2, 0) is 18.3 Å². The molecule has 3 aromatic rings. The average molecular weight is 266 g/mol. The SMILES string of the molecule is Cn1ccc2c(-c3cccc(CC(=O)O)c3)ccnc21. The summed E-state index contributed by atoms with van der Waals surface area (Å²) in [5, 5.41) is 9.96. The third-order valence-electron chi connectivity index (χ3n) is 3.36. The number of aliphatic carboxylic acids is 1. The molecule has 0 aliphatic rings. The quantitative estimate of drug-likeness (QED) is 0.793. The number of carboxylic acids is 1.